The molecule has 4 fully saturated rings. The maximum atomic E-state index is 12.6. The highest BCUT2D eigenvalue weighted by molar-refractivity contribution is 6.67. The van der Waals surface area contributed by atoms with Crippen LogP contribution in [0.1, 0.15) is 224 Å². The molecule has 0 spiro atoms. The largest absolute Gasteiger partial charge is 0.481 e. The highest BCUT2D eigenvalue weighted by atomic mass is 35.5. The number of likely N-dealkylation sites (tertiary alicyclic amines) is 3. The van der Waals surface area contributed by atoms with E-state index in [9.17, 15) is 57.5 Å². The van der Waals surface area contributed by atoms with Crippen LogP contribution >= 0.6 is 36.4 Å². The number of Topliss-reactive ketones (excluding diaryl/α,β-unsaturated/α-hetero) is 4. The van der Waals surface area contributed by atoms with Crippen molar-refractivity contribution in [2.75, 3.05) is 101 Å². The fourth-order valence-corrected chi connectivity index (χ4v) is 13.7. The summed E-state index contributed by atoms with van der Waals surface area (Å²) in [6.07, 6.45) is 10.0. The molecule has 0 radical (unpaired) electrons. The molecule has 0 saturated carbocycles. The lowest BCUT2D eigenvalue weighted by atomic mass is 9.93. The van der Waals surface area contributed by atoms with Crippen molar-refractivity contribution in [3.63, 3.8) is 0 Å². The van der Waals surface area contributed by atoms with E-state index in [-0.39, 0.29) is 156 Å². The molecule has 122 heavy (non-hydrogen) atoms. The zero-order valence-corrected chi connectivity index (χ0v) is 71.1. The van der Waals surface area contributed by atoms with Crippen molar-refractivity contribution in [2.45, 2.75) is 172 Å². The Morgan fingerprint density at radius 1 is 0.434 bits per heavy atom. The van der Waals surface area contributed by atoms with Crippen molar-refractivity contribution in [1.82, 2.24) is 20.0 Å². The Hall–Kier alpha value is -11.3. The summed E-state index contributed by atoms with van der Waals surface area (Å²) >= 11 is 5.01. The van der Waals surface area contributed by atoms with Crippen LogP contribution in [-0.2, 0) is 28.7 Å². The Morgan fingerprint density at radius 2 is 0.721 bits per heavy atom. The zero-order chi connectivity index (χ0) is 85.5. The number of amides is 6. The number of benzene rings is 4. The molecule has 2 aromatic heterocycles. The van der Waals surface area contributed by atoms with Crippen molar-refractivity contribution in [3.05, 3.63) is 119 Å². The smallest absolute Gasteiger partial charge is 0.410 e. The number of carbonyl (C=O) groups excluding carboxylic acids is 11. The van der Waals surface area contributed by atoms with E-state index in [1.165, 1.54) is 46.3 Å². The average molecular weight is 1770 g/mol. The predicted molar refractivity (Wildman–Crippen MR) is 458 cm³/mol. The van der Waals surface area contributed by atoms with Crippen LogP contribution in [0.4, 0.5) is 32.3 Å². The number of piperidine rings is 4. The Bertz CT molecular complexity index is 4590. The second-order valence-electron chi connectivity index (χ2n) is 31.1. The molecule has 14 rings (SSSR count). The van der Waals surface area contributed by atoms with Crippen LogP contribution in [0.2, 0.25) is 0 Å². The van der Waals surface area contributed by atoms with Crippen LogP contribution in [0, 0.1) is 23.7 Å². The van der Waals surface area contributed by atoms with Crippen LogP contribution in [0.5, 0.6) is 46.0 Å². The molecule has 33 nitrogen and oxygen atoms in total. The summed E-state index contributed by atoms with van der Waals surface area (Å²) in [5.41, 5.74) is 8.12. The molecule has 7 N–H and O–H groups in total. The maximum absolute atomic E-state index is 12.6. The Kier molecular flexibility index (Phi) is 39.2. The molecule has 0 bridgehead atoms. The molecule has 10 heterocycles. The van der Waals surface area contributed by atoms with Gasteiger partial charge in [0.2, 0.25) is 44.9 Å². The molecule has 0 aliphatic carbocycles. The average Bonchev–Trinajstić information content (AvgIpc) is 1.64. The summed E-state index contributed by atoms with van der Waals surface area (Å²) in [5, 5.41) is 19.9. The normalized spacial score (nSPS) is 15.3. The second-order valence-corrected chi connectivity index (χ2v) is 31.4. The summed E-state index contributed by atoms with van der Waals surface area (Å²) in [5.74, 6) is 3.96. The number of nitrogen functional groups attached to an aromatic ring is 1. The van der Waals surface area contributed by atoms with Crippen LogP contribution in [0.3, 0.4) is 0 Å². The molecule has 4 saturated heterocycles. The molecule has 668 valence electrons. The van der Waals surface area contributed by atoms with Gasteiger partial charge in [-0.2, -0.15) is 0 Å². The first kappa shape index (κ1) is 101. The van der Waals surface area contributed by atoms with Gasteiger partial charge in [0.15, 0.2) is 80.6 Å². The Balaban J connectivity index is 0.000000268. The Labute approximate surface area is 726 Å². The van der Waals surface area contributed by atoms with Gasteiger partial charge in [0.1, 0.15) is 11.2 Å². The van der Waals surface area contributed by atoms with E-state index in [4.69, 9.17) is 74.2 Å². The lowest BCUT2D eigenvalue weighted by Gasteiger charge is -2.33. The lowest BCUT2D eigenvalue weighted by Crippen LogP contribution is -2.42. The predicted octanol–water partition coefficient (Wildman–Crippen LogP) is 15.7. The third kappa shape index (κ3) is 30.7. The molecule has 8 aliphatic heterocycles. The number of rotatable bonds is 17. The fraction of sp³-hybridized carbons (Fsp3) is 0.488. The van der Waals surface area contributed by atoms with Gasteiger partial charge in [0.25, 0.3) is 11.1 Å². The van der Waals surface area contributed by atoms with Gasteiger partial charge in [-0.1, -0.05) is 14.9 Å². The number of carboxylic acid groups (broad SMARTS) is 1. The summed E-state index contributed by atoms with van der Waals surface area (Å²) in [4.78, 5) is 146. The number of aliphatic carboxylic acids is 1. The van der Waals surface area contributed by atoms with Crippen LogP contribution < -0.4 is 64.9 Å². The zero-order valence-electron chi connectivity index (χ0n) is 68.7. The number of furan rings is 2. The number of nitrogens with two attached hydrogens (primary N) is 1. The summed E-state index contributed by atoms with van der Waals surface area (Å²) < 4.78 is 62.5. The highest BCUT2D eigenvalue weighted by Gasteiger charge is 2.33. The van der Waals surface area contributed by atoms with Crippen molar-refractivity contribution < 1.29 is 119 Å². The van der Waals surface area contributed by atoms with E-state index in [1.54, 1.807) is 81.4 Å². The van der Waals surface area contributed by atoms with Gasteiger partial charge < -0.3 is 103 Å². The number of carboxylic acids is 1. The maximum Gasteiger partial charge on any atom is 0.410 e. The number of halogens is 3. The SMILES string of the molecule is C.C.CC(=O)c1cc2c(cc1N)OCO2.CC(=O)c1cc2c(cc1NC(=O)CC1CCN(C(=O)OC(C)(C)C)CC1)OCO2.CC(=O)c1cc2c(cc1NC(=O)CC1CCN(C(=O)c3ccco3)CC1)OCO2.CC(=O)c1cc2c(cc1NC(=O)CC1CCNCC1)OCO2.CC(C)(C)OC(=O)N1CCC(CC(=O)O)CC1.Cl.Cl.O=C(Cl)c1ccco1. The standard InChI is InChI=1S/C21H22N2O6.C21H28N2O6.C16H20N2O4.C12H21NO4.C9H9NO3.C5H3ClO2.2CH4.2ClH/c1-13(24)15-10-18-19(29-12-28-18)11-16(15)22-20(25)9-14-4-6-23(7-5-14)21(26)17-3-2-8-27-17;1-13(24)15-10-17-18(28-12-27-17)11-16(15)22-19(25)9-14-5-7-23(8-6-14)20(26)29-21(2,3)4;1-10(19)12-7-14-15(22-9-21-14)8-13(12)18-16(20)6-11-2-4-17-5-3-11;1-12(2,3)17-11(16)13-6-4-9(5-7-13)8-10(14)15;1-5(11)6-2-8-9(3-7(6)10)13-4-12-8;6-5(7)4-2-1-3-8-4;;;;/h2-3,8,10-11,14H,4-7,9,12H2,1H3,(H,22,25);10-11,14H,5-9,12H2,1-4H3,(H,22,25);7-8,11,17H,2-6,9H2,1H3,(H,18,20);9H,4-8H2,1-3H3,(H,14,15);2-3H,4,10H2,1H3;1-3H;2*1H4;2*1H. The molecule has 36 heteroatoms. The number of nitrogens with zero attached hydrogens (tertiary/aromatic N) is 3. The second kappa shape index (κ2) is 47.2. The minimum absolute atomic E-state index is 0. The molecular formula is C86H113Cl3N8O25. The van der Waals surface area contributed by atoms with Gasteiger partial charge in [-0.15, -0.1) is 24.8 Å². The summed E-state index contributed by atoms with van der Waals surface area (Å²) in [7, 11) is 0. The number of hydrogen-bond donors (Lipinski definition) is 6. The minimum Gasteiger partial charge on any atom is -0.481 e. The number of anilines is 4. The van der Waals surface area contributed by atoms with E-state index in [2.05, 4.69) is 25.7 Å². The van der Waals surface area contributed by atoms with E-state index in [0.717, 1.165) is 64.5 Å². The highest BCUT2D eigenvalue weighted by Crippen LogP contribution is 2.42. The lowest BCUT2D eigenvalue weighted by molar-refractivity contribution is -0.138. The number of fused-ring (bicyclic) bond motifs is 4. The molecule has 6 amide bonds. The van der Waals surface area contributed by atoms with Gasteiger partial charge in [-0.3, -0.25) is 47.9 Å². The summed E-state index contributed by atoms with van der Waals surface area (Å²) in [6.45, 7) is 22.8. The number of ether oxygens (including phenoxy) is 10. The van der Waals surface area contributed by atoms with Gasteiger partial charge in [-0.05, 0) is 217 Å². The van der Waals surface area contributed by atoms with Crippen molar-refractivity contribution in [3.8, 4) is 46.0 Å². The van der Waals surface area contributed by atoms with E-state index < -0.39 is 22.4 Å². The molecule has 0 atom stereocenters. The molecule has 4 aromatic carbocycles. The molecule has 0 unspecified atom stereocenters. The van der Waals surface area contributed by atoms with Gasteiger partial charge in [0, 0.05) is 117 Å². The number of ketones is 4. The first-order valence-electron chi connectivity index (χ1n) is 38.9. The molecule has 6 aromatic rings. The number of hydrogen-bond acceptors (Lipinski definition) is 26. The van der Waals surface area contributed by atoms with Crippen LogP contribution in [-0.4, -0.2) is 181 Å². The van der Waals surface area contributed by atoms with Crippen molar-refractivity contribution >= 4 is 129 Å². The Morgan fingerprint density at radius 3 is 1.01 bits per heavy atom. The third-order valence-electron chi connectivity index (χ3n) is 19.6. The van der Waals surface area contributed by atoms with Crippen LogP contribution in [0.25, 0.3) is 0 Å². The molecule has 8 aliphatic rings. The quantitative estimate of drug-likeness (QED) is 0.0280. The minimum atomic E-state index is -0.763. The van der Waals surface area contributed by atoms with E-state index >= 15 is 0 Å². The first-order chi connectivity index (χ1) is 56.0. The van der Waals surface area contributed by atoms with E-state index in [1.807, 2.05) is 41.5 Å². The topological polar surface area (TPSA) is 428 Å². The third-order valence-corrected chi connectivity index (χ3v) is 19.8. The van der Waals surface area contributed by atoms with Crippen molar-refractivity contribution in [1.29, 1.82) is 0 Å². The fourth-order valence-electron chi connectivity index (χ4n) is 13.6. The van der Waals surface area contributed by atoms with Gasteiger partial charge in [0.05, 0.1) is 29.6 Å². The monoisotopic (exact) mass is 1760 g/mol. The van der Waals surface area contributed by atoms with Gasteiger partial charge in [-0.25, -0.2) is 9.59 Å². The van der Waals surface area contributed by atoms with E-state index in [0.29, 0.717) is 161 Å². The number of carbonyl (C=O) groups is 12. The first-order valence-corrected chi connectivity index (χ1v) is 39.3. The summed E-state index contributed by atoms with van der Waals surface area (Å²) in [6, 6.07) is 19.4. The van der Waals surface area contributed by atoms with Crippen LogP contribution in [0.15, 0.2) is 94.2 Å². The van der Waals surface area contributed by atoms with Crippen molar-refractivity contribution in [2.24, 2.45) is 23.7 Å². The molecular weight excluding hydrogens is 1650 g/mol. The van der Waals surface area contributed by atoms with Gasteiger partial charge >= 0.3 is 18.2 Å². The number of nitrogens with one attached hydrogen (secondary N) is 4.